The molecule has 0 N–H and O–H groups in total. The number of fused-ring (bicyclic) bond motifs is 10. The fourth-order valence-electron chi connectivity index (χ4n) is 10.3. The minimum Gasteiger partial charge on any atom is -0.456 e. The zero-order valence-electron chi connectivity index (χ0n) is 36.3. The van der Waals surface area contributed by atoms with Gasteiger partial charge < -0.3 is 18.6 Å². The van der Waals surface area contributed by atoms with Crippen molar-refractivity contribution >= 4 is 101 Å². The Kier molecular flexibility index (Phi) is 7.73. The molecule has 2 aliphatic rings. The van der Waals surface area contributed by atoms with Gasteiger partial charge in [-0.2, -0.15) is 0 Å². The number of nitrogens with zero attached hydrogens (tertiary/aromatic N) is 2. The molecule has 2 aromatic heterocycles. The molecule has 0 aliphatic carbocycles. The number of aryl methyl sites for hydroxylation is 1. The van der Waals surface area contributed by atoms with E-state index in [0.717, 1.165) is 66.4 Å². The fraction of sp³-hybridized carbons (Fsp3) is 0.158. The Morgan fingerprint density at radius 2 is 1.02 bits per heavy atom. The van der Waals surface area contributed by atoms with Crippen LogP contribution in [0.4, 0.5) is 34.1 Å². The average molecular weight is 803 g/mol. The topological polar surface area (TPSA) is 32.8 Å². The minimum atomic E-state index is -0.0436. The predicted octanol–water partition coefficient (Wildman–Crippen LogP) is 14.1. The number of benzene rings is 8. The first-order valence-electron chi connectivity index (χ1n) is 21.9. The maximum atomic E-state index is 6.54. The highest BCUT2D eigenvalue weighted by Gasteiger charge is 2.44. The molecule has 0 fully saturated rings. The molecule has 4 nitrogen and oxygen atoms in total. The summed E-state index contributed by atoms with van der Waals surface area (Å²) in [6.45, 7) is 16.1. The van der Waals surface area contributed by atoms with Gasteiger partial charge in [-0.15, -0.1) is 0 Å². The van der Waals surface area contributed by atoms with Crippen LogP contribution < -0.4 is 26.2 Å². The van der Waals surface area contributed by atoms with Gasteiger partial charge in [-0.1, -0.05) is 139 Å². The van der Waals surface area contributed by atoms with Crippen molar-refractivity contribution in [2.75, 3.05) is 9.80 Å². The zero-order chi connectivity index (χ0) is 42.2. The molecule has 10 aromatic rings. The second kappa shape index (κ2) is 13.0. The van der Waals surface area contributed by atoms with Crippen LogP contribution in [0.15, 0.2) is 167 Å². The standard InChI is InChI=1S/C57H47BN2O2/c1-34-30-48-54-49(31-34)60(45-18-13-21-52-53(45)42-15-9-11-20-51(42)61-52)47-33-37(57(5,6)7)25-29-44(47)58(54)43-28-24-36(56(2,3)4)32-46(43)59(48)38-26-22-35(23-27-38)39-16-12-17-41-40-14-8-10-19-50(40)62-55(39)41/h8-33H,1-7H3. The van der Waals surface area contributed by atoms with Crippen molar-refractivity contribution in [2.24, 2.45) is 0 Å². The molecular weight excluding hydrogens is 755 g/mol. The predicted molar refractivity (Wildman–Crippen MR) is 263 cm³/mol. The first-order valence-corrected chi connectivity index (χ1v) is 21.9. The summed E-state index contributed by atoms with van der Waals surface area (Å²) in [6.07, 6.45) is 0. The van der Waals surface area contributed by atoms with E-state index >= 15 is 0 Å². The summed E-state index contributed by atoms with van der Waals surface area (Å²) in [5.41, 5.74) is 20.6. The summed E-state index contributed by atoms with van der Waals surface area (Å²) < 4.78 is 13.0. The Bertz CT molecular complexity index is 3470. The van der Waals surface area contributed by atoms with E-state index < -0.39 is 0 Å². The Labute approximate surface area is 363 Å². The molecule has 300 valence electrons. The molecule has 12 rings (SSSR count). The second-order valence-corrected chi connectivity index (χ2v) is 19.4. The van der Waals surface area contributed by atoms with E-state index in [9.17, 15) is 0 Å². The molecule has 0 spiro atoms. The SMILES string of the molecule is Cc1cc2c3c(c1)N(c1cccc4oc5ccccc5c14)c1cc(C(C)(C)C)ccc1B3c1ccc(C(C)(C)C)cc1N2c1ccc(-c2cccc3c2oc2ccccc23)cc1. The Hall–Kier alpha value is -6.98. The summed E-state index contributed by atoms with van der Waals surface area (Å²) in [4.78, 5) is 5.07. The van der Waals surface area contributed by atoms with Gasteiger partial charge in [0.15, 0.2) is 0 Å². The first kappa shape index (κ1) is 36.8. The van der Waals surface area contributed by atoms with Crippen molar-refractivity contribution in [2.45, 2.75) is 59.3 Å². The second-order valence-electron chi connectivity index (χ2n) is 19.4. The number of furan rings is 2. The van der Waals surface area contributed by atoms with E-state index in [1.54, 1.807) is 0 Å². The van der Waals surface area contributed by atoms with Crippen LogP contribution in [-0.2, 0) is 10.8 Å². The van der Waals surface area contributed by atoms with E-state index in [4.69, 9.17) is 8.83 Å². The molecule has 0 amide bonds. The van der Waals surface area contributed by atoms with Crippen LogP contribution in [0.5, 0.6) is 0 Å². The van der Waals surface area contributed by atoms with Crippen LogP contribution >= 0.6 is 0 Å². The smallest absolute Gasteiger partial charge is 0.252 e. The van der Waals surface area contributed by atoms with Crippen LogP contribution in [0.1, 0.15) is 58.2 Å². The maximum Gasteiger partial charge on any atom is 0.252 e. The average Bonchev–Trinajstić information content (AvgIpc) is 3.84. The number of rotatable bonds is 3. The molecule has 62 heavy (non-hydrogen) atoms. The van der Waals surface area contributed by atoms with E-state index in [0.29, 0.717) is 0 Å². The van der Waals surface area contributed by atoms with Crippen molar-refractivity contribution in [1.29, 1.82) is 0 Å². The van der Waals surface area contributed by atoms with Gasteiger partial charge in [0.2, 0.25) is 0 Å². The molecular formula is C57H47BN2O2. The maximum absolute atomic E-state index is 6.54. The summed E-state index contributed by atoms with van der Waals surface area (Å²) in [5.74, 6) is 0. The van der Waals surface area contributed by atoms with Crippen molar-refractivity contribution in [3.63, 3.8) is 0 Å². The molecule has 0 atom stereocenters. The lowest BCUT2D eigenvalue weighted by molar-refractivity contribution is 0.590. The first-order chi connectivity index (χ1) is 29.9. The summed E-state index contributed by atoms with van der Waals surface area (Å²) in [5, 5.41) is 4.52. The van der Waals surface area contributed by atoms with Gasteiger partial charge >= 0.3 is 0 Å². The van der Waals surface area contributed by atoms with E-state index in [2.05, 4.69) is 210 Å². The normalized spacial score (nSPS) is 13.6. The number of anilines is 6. The Morgan fingerprint density at radius 3 is 1.69 bits per heavy atom. The van der Waals surface area contributed by atoms with Crippen LogP contribution in [0.3, 0.4) is 0 Å². The largest absolute Gasteiger partial charge is 0.456 e. The lowest BCUT2D eigenvalue weighted by Gasteiger charge is -2.45. The zero-order valence-corrected chi connectivity index (χ0v) is 36.3. The minimum absolute atomic E-state index is 0.0198. The summed E-state index contributed by atoms with van der Waals surface area (Å²) in [6, 6.07) is 58.1. The number of hydrogen-bond donors (Lipinski definition) is 0. The Morgan fingerprint density at radius 1 is 0.452 bits per heavy atom. The van der Waals surface area contributed by atoms with Crippen molar-refractivity contribution in [1.82, 2.24) is 0 Å². The Balaban J connectivity index is 1.12. The van der Waals surface area contributed by atoms with E-state index in [-0.39, 0.29) is 17.5 Å². The third kappa shape index (κ3) is 5.40. The molecule has 8 aromatic carbocycles. The molecule has 4 heterocycles. The van der Waals surface area contributed by atoms with E-state index in [1.807, 2.05) is 6.07 Å². The lowest BCUT2D eigenvalue weighted by Crippen LogP contribution is -2.61. The molecule has 0 unspecified atom stereocenters. The van der Waals surface area contributed by atoms with Crippen LogP contribution in [-0.4, -0.2) is 6.71 Å². The number of hydrogen-bond acceptors (Lipinski definition) is 4. The lowest BCUT2D eigenvalue weighted by atomic mass is 9.33. The molecule has 0 saturated carbocycles. The monoisotopic (exact) mass is 802 g/mol. The highest BCUT2D eigenvalue weighted by Crippen LogP contribution is 2.49. The van der Waals surface area contributed by atoms with Gasteiger partial charge in [0.25, 0.3) is 6.71 Å². The van der Waals surface area contributed by atoms with Gasteiger partial charge in [-0.05, 0) is 117 Å². The fourth-order valence-corrected chi connectivity index (χ4v) is 10.3. The molecule has 0 radical (unpaired) electrons. The molecule has 0 bridgehead atoms. The molecule has 2 aliphatic heterocycles. The van der Waals surface area contributed by atoms with Crippen LogP contribution in [0.2, 0.25) is 0 Å². The molecule has 5 heteroatoms. The van der Waals surface area contributed by atoms with Crippen molar-refractivity contribution < 1.29 is 8.83 Å². The van der Waals surface area contributed by atoms with Crippen molar-refractivity contribution in [3.05, 3.63) is 174 Å². The van der Waals surface area contributed by atoms with Crippen molar-refractivity contribution in [3.8, 4) is 11.1 Å². The van der Waals surface area contributed by atoms with Crippen LogP contribution in [0.25, 0.3) is 55.0 Å². The number of para-hydroxylation sites is 3. The van der Waals surface area contributed by atoms with Gasteiger partial charge in [-0.25, -0.2) is 0 Å². The van der Waals surface area contributed by atoms with Gasteiger partial charge in [-0.3, -0.25) is 0 Å². The van der Waals surface area contributed by atoms with Crippen LogP contribution in [0, 0.1) is 6.92 Å². The van der Waals surface area contributed by atoms with Gasteiger partial charge in [0.05, 0.1) is 11.1 Å². The highest BCUT2D eigenvalue weighted by molar-refractivity contribution is 7.00. The third-order valence-corrected chi connectivity index (χ3v) is 13.4. The molecule has 0 saturated heterocycles. The van der Waals surface area contributed by atoms with Gasteiger partial charge in [0, 0.05) is 50.2 Å². The quantitative estimate of drug-likeness (QED) is 0.167. The summed E-state index contributed by atoms with van der Waals surface area (Å²) >= 11 is 0. The third-order valence-electron chi connectivity index (χ3n) is 13.4. The van der Waals surface area contributed by atoms with Gasteiger partial charge in [0.1, 0.15) is 22.3 Å². The summed E-state index contributed by atoms with van der Waals surface area (Å²) in [7, 11) is 0. The highest BCUT2D eigenvalue weighted by atomic mass is 16.3. The van der Waals surface area contributed by atoms with E-state index in [1.165, 1.54) is 55.8 Å².